The molecule has 1 aliphatic rings. The zero-order valence-electron chi connectivity index (χ0n) is 15.3. The Morgan fingerprint density at radius 1 is 1.14 bits per heavy atom. The molecule has 1 atom stereocenters. The first-order chi connectivity index (χ1) is 14.1. The number of imidazole rings is 1. The van der Waals surface area contributed by atoms with E-state index < -0.39 is 12.0 Å². The van der Waals surface area contributed by atoms with Crippen molar-refractivity contribution in [2.75, 3.05) is 31.1 Å². The lowest BCUT2D eigenvalue weighted by atomic mass is 10.0. The molecule has 0 spiro atoms. The molecule has 148 valence electrons. The van der Waals surface area contributed by atoms with Crippen LogP contribution in [0.3, 0.4) is 0 Å². The van der Waals surface area contributed by atoms with Crippen molar-refractivity contribution in [3.8, 4) is 0 Å². The third-order valence-corrected chi connectivity index (χ3v) is 5.62. The van der Waals surface area contributed by atoms with Gasteiger partial charge in [-0.3, -0.25) is 9.69 Å². The van der Waals surface area contributed by atoms with Gasteiger partial charge in [0.2, 0.25) is 0 Å². The summed E-state index contributed by atoms with van der Waals surface area (Å²) >= 11 is 6.14. The van der Waals surface area contributed by atoms with Crippen LogP contribution >= 0.6 is 11.6 Å². The van der Waals surface area contributed by atoms with Gasteiger partial charge < -0.3 is 20.0 Å². The Balaban J connectivity index is 1.41. The van der Waals surface area contributed by atoms with Crippen molar-refractivity contribution in [1.29, 1.82) is 0 Å². The minimum atomic E-state index is -0.877. The van der Waals surface area contributed by atoms with Crippen LogP contribution in [0.5, 0.6) is 0 Å². The van der Waals surface area contributed by atoms with E-state index >= 15 is 0 Å². The molecule has 0 aliphatic carbocycles. The van der Waals surface area contributed by atoms with E-state index in [2.05, 4.69) is 29.8 Å². The highest BCUT2D eigenvalue weighted by molar-refractivity contribution is 6.31. The first-order valence-corrected chi connectivity index (χ1v) is 9.62. The predicted molar refractivity (Wildman–Crippen MR) is 109 cm³/mol. The second-order valence-electron chi connectivity index (χ2n) is 7.00. The monoisotopic (exact) mass is 411 g/mol. The van der Waals surface area contributed by atoms with Crippen molar-refractivity contribution in [2.45, 2.75) is 6.04 Å². The van der Waals surface area contributed by atoms with Gasteiger partial charge in [0.05, 0.1) is 6.33 Å². The molecule has 29 heavy (non-hydrogen) atoms. The molecule has 1 aliphatic heterocycles. The summed E-state index contributed by atoms with van der Waals surface area (Å²) in [5, 5.41) is 11.4. The van der Waals surface area contributed by atoms with Gasteiger partial charge in [0.1, 0.15) is 17.9 Å². The maximum Gasteiger partial charge on any atom is 0.325 e. The van der Waals surface area contributed by atoms with Crippen LogP contribution in [0.15, 0.2) is 37.1 Å². The zero-order chi connectivity index (χ0) is 20.0. The van der Waals surface area contributed by atoms with Gasteiger partial charge >= 0.3 is 5.97 Å². The Morgan fingerprint density at radius 3 is 2.76 bits per heavy atom. The van der Waals surface area contributed by atoms with Gasteiger partial charge in [-0.15, -0.1) is 0 Å². The number of nitrogens with one attached hydrogen (secondary N) is 2. The average molecular weight is 412 g/mol. The third-order valence-electron chi connectivity index (χ3n) is 5.39. The Morgan fingerprint density at radius 2 is 1.97 bits per heavy atom. The molecular formula is C19H18ClN7O2. The number of piperazine rings is 1. The molecule has 0 unspecified atom stereocenters. The Bertz CT molecular complexity index is 1200. The summed E-state index contributed by atoms with van der Waals surface area (Å²) in [6.07, 6.45) is 4.87. The van der Waals surface area contributed by atoms with E-state index in [1.165, 1.54) is 6.33 Å². The molecule has 4 heterocycles. The van der Waals surface area contributed by atoms with Gasteiger partial charge in [-0.1, -0.05) is 11.6 Å². The number of aliphatic carboxylic acids is 1. The first-order valence-electron chi connectivity index (χ1n) is 9.24. The lowest BCUT2D eigenvalue weighted by molar-refractivity contribution is -0.143. The fourth-order valence-corrected chi connectivity index (χ4v) is 4.18. The van der Waals surface area contributed by atoms with Crippen LogP contribution in [0, 0.1) is 0 Å². The van der Waals surface area contributed by atoms with Crippen LogP contribution in [-0.4, -0.2) is 67.1 Å². The van der Waals surface area contributed by atoms with E-state index in [1.807, 2.05) is 17.0 Å². The number of rotatable bonds is 4. The highest BCUT2D eigenvalue weighted by Crippen LogP contribution is 2.32. The summed E-state index contributed by atoms with van der Waals surface area (Å²) in [7, 11) is 0. The number of carboxylic acid groups (broad SMARTS) is 1. The van der Waals surface area contributed by atoms with Crippen molar-refractivity contribution in [2.24, 2.45) is 0 Å². The van der Waals surface area contributed by atoms with Crippen molar-refractivity contribution in [1.82, 2.24) is 29.8 Å². The highest BCUT2D eigenvalue weighted by atomic mass is 35.5. The SMILES string of the molecule is O=C(O)[C@H](c1c[nH]c2ccc(Cl)cc12)N1CCN(c2ncnc3nc[nH]c23)CC1. The van der Waals surface area contributed by atoms with Crippen LogP contribution < -0.4 is 4.90 Å². The van der Waals surface area contributed by atoms with E-state index in [9.17, 15) is 9.90 Å². The molecule has 0 bridgehead atoms. The third kappa shape index (κ3) is 3.08. The smallest absolute Gasteiger partial charge is 0.325 e. The van der Waals surface area contributed by atoms with Crippen LogP contribution in [0.1, 0.15) is 11.6 Å². The molecule has 0 amide bonds. The molecule has 9 nitrogen and oxygen atoms in total. The Kier molecular flexibility index (Phi) is 4.33. The quantitative estimate of drug-likeness (QED) is 0.472. The average Bonchev–Trinajstić information content (AvgIpc) is 3.35. The number of halogens is 1. The highest BCUT2D eigenvalue weighted by Gasteiger charge is 2.32. The summed E-state index contributed by atoms with van der Waals surface area (Å²) in [5.74, 6) is -0.0878. The van der Waals surface area contributed by atoms with E-state index in [0.717, 1.165) is 27.8 Å². The topological polar surface area (TPSA) is 114 Å². The normalized spacial score (nSPS) is 16.5. The predicted octanol–water partition coefficient (Wildman–Crippen LogP) is 2.44. The number of H-pyrrole nitrogens is 2. The Hall–Kier alpha value is -3.17. The standard InChI is InChI=1S/C19H18ClN7O2/c20-11-1-2-14-12(7-11)13(8-21-14)16(19(28)29)26-3-5-27(6-4-26)18-15-17(23-9-22-15)24-10-25-18/h1-2,7-10,16,21H,3-6H2,(H,28,29)(H,22,23,24,25)/t16-/m0/s1. The van der Waals surface area contributed by atoms with E-state index in [-0.39, 0.29) is 0 Å². The molecule has 3 N–H and O–H groups in total. The van der Waals surface area contributed by atoms with E-state index in [0.29, 0.717) is 36.8 Å². The molecule has 0 saturated carbocycles. The number of fused-ring (bicyclic) bond motifs is 2. The number of anilines is 1. The lowest BCUT2D eigenvalue weighted by Crippen LogP contribution is -2.49. The first kappa shape index (κ1) is 17.9. The number of aromatic amines is 2. The molecule has 1 aromatic carbocycles. The van der Waals surface area contributed by atoms with Crippen LogP contribution in [-0.2, 0) is 4.79 Å². The summed E-state index contributed by atoms with van der Waals surface area (Å²) in [5.41, 5.74) is 3.01. The lowest BCUT2D eigenvalue weighted by Gasteiger charge is -2.38. The van der Waals surface area contributed by atoms with Crippen LogP contribution in [0.2, 0.25) is 5.02 Å². The van der Waals surface area contributed by atoms with E-state index in [1.54, 1.807) is 18.6 Å². The molecule has 3 aromatic heterocycles. The minimum Gasteiger partial charge on any atom is -0.480 e. The fraction of sp³-hybridized carbons (Fsp3) is 0.263. The zero-order valence-corrected chi connectivity index (χ0v) is 16.1. The van der Waals surface area contributed by atoms with Gasteiger partial charge in [0.25, 0.3) is 0 Å². The largest absolute Gasteiger partial charge is 0.480 e. The van der Waals surface area contributed by atoms with E-state index in [4.69, 9.17) is 11.6 Å². The van der Waals surface area contributed by atoms with Gasteiger partial charge in [0.15, 0.2) is 11.5 Å². The summed E-state index contributed by atoms with van der Waals surface area (Å²) in [4.78, 5) is 35.3. The Labute approximate surface area is 170 Å². The van der Waals surface area contributed by atoms with Crippen molar-refractivity contribution in [3.63, 3.8) is 0 Å². The molecule has 1 saturated heterocycles. The minimum absolute atomic E-state index is 0.583. The van der Waals surface area contributed by atoms with Gasteiger partial charge in [-0.05, 0) is 18.2 Å². The molecule has 0 radical (unpaired) electrons. The fourth-order valence-electron chi connectivity index (χ4n) is 4.01. The number of carboxylic acids is 1. The molecule has 5 rings (SSSR count). The molecular weight excluding hydrogens is 394 g/mol. The molecule has 4 aromatic rings. The van der Waals surface area contributed by atoms with Crippen molar-refractivity contribution >= 4 is 45.5 Å². The van der Waals surface area contributed by atoms with Gasteiger partial charge in [-0.25, -0.2) is 15.0 Å². The van der Waals surface area contributed by atoms with Gasteiger partial charge in [-0.2, -0.15) is 0 Å². The number of benzene rings is 1. The van der Waals surface area contributed by atoms with Gasteiger partial charge in [0, 0.05) is 53.9 Å². The molecule has 1 fully saturated rings. The summed E-state index contributed by atoms with van der Waals surface area (Å²) in [6, 6.07) is 4.71. The second kappa shape index (κ2) is 7.02. The second-order valence-corrected chi connectivity index (χ2v) is 7.43. The maximum absolute atomic E-state index is 12.2. The number of nitrogens with zero attached hydrogens (tertiary/aromatic N) is 5. The van der Waals surface area contributed by atoms with Crippen LogP contribution in [0.25, 0.3) is 22.1 Å². The number of hydrogen-bond acceptors (Lipinski definition) is 6. The van der Waals surface area contributed by atoms with Crippen molar-refractivity contribution < 1.29 is 9.90 Å². The molecule has 10 heteroatoms. The van der Waals surface area contributed by atoms with Crippen molar-refractivity contribution in [3.05, 3.63) is 47.6 Å². The van der Waals surface area contributed by atoms with Crippen LogP contribution in [0.4, 0.5) is 5.82 Å². The number of carbonyl (C=O) groups is 1. The number of aromatic nitrogens is 5. The summed E-state index contributed by atoms with van der Waals surface area (Å²) < 4.78 is 0. The summed E-state index contributed by atoms with van der Waals surface area (Å²) in [6.45, 7) is 2.48. The number of hydrogen-bond donors (Lipinski definition) is 3. The maximum atomic E-state index is 12.2.